The summed E-state index contributed by atoms with van der Waals surface area (Å²) >= 11 is 0. The molecule has 2 rings (SSSR count). The van der Waals surface area contributed by atoms with Gasteiger partial charge in [0.1, 0.15) is 5.75 Å². The van der Waals surface area contributed by atoms with Crippen LogP contribution in [0, 0.1) is 19.8 Å². The zero-order chi connectivity index (χ0) is 15.6. The van der Waals surface area contributed by atoms with Gasteiger partial charge in [0.05, 0.1) is 18.1 Å². The van der Waals surface area contributed by atoms with Crippen LogP contribution in [-0.2, 0) is 10.0 Å². The van der Waals surface area contributed by atoms with Crippen LogP contribution in [0.1, 0.15) is 30.4 Å². The third kappa shape index (κ3) is 3.75. The minimum Gasteiger partial charge on any atom is -0.497 e. The van der Waals surface area contributed by atoms with Crippen molar-refractivity contribution in [3.8, 4) is 5.75 Å². The van der Waals surface area contributed by atoms with Gasteiger partial charge in [0.25, 0.3) is 0 Å². The number of nitrogens with one attached hydrogen (secondary N) is 1. The van der Waals surface area contributed by atoms with Gasteiger partial charge in [-0.3, -0.25) is 0 Å². The van der Waals surface area contributed by atoms with Gasteiger partial charge < -0.3 is 9.84 Å². The molecule has 0 aromatic heterocycles. The number of aliphatic hydroxyl groups excluding tert-OH is 1. The van der Waals surface area contributed by atoms with Crippen molar-refractivity contribution in [2.75, 3.05) is 13.7 Å². The van der Waals surface area contributed by atoms with Crippen LogP contribution in [0.25, 0.3) is 0 Å². The Morgan fingerprint density at radius 2 is 1.90 bits per heavy atom. The second-order valence-electron chi connectivity index (χ2n) is 5.78. The summed E-state index contributed by atoms with van der Waals surface area (Å²) in [6.45, 7) is 3.91. The van der Waals surface area contributed by atoms with E-state index in [1.54, 1.807) is 33.1 Å². The molecule has 1 aliphatic carbocycles. The highest BCUT2D eigenvalue weighted by molar-refractivity contribution is 7.89. The minimum absolute atomic E-state index is 0.216. The standard InChI is InChI=1S/C15H23NO4S/c1-10-6-14(20-3)7-11(2)15(10)21(18,19)16-9-12-4-5-13(17)8-12/h6-7,12-13,16-17H,4-5,8-9H2,1-3H3. The van der Waals surface area contributed by atoms with Crippen LogP contribution in [0.3, 0.4) is 0 Å². The van der Waals surface area contributed by atoms with E-state index in [2.05, 4.69) is 4.72 Å². The molecule has 2 atom stereocenters. The van der Waals surface area contributed by atoms with Crippen LogP contribution in [0.4, 0.5) is 0 Å². The van der Waals surface area contributed by atoms with E-state index in [0.717, 1.165) is 12.8 Å². The van der Waals surface area contributed by atoms with Crippen molar-refractivity contribution in [1.29, 1.82) is 0 Å². The summed E-state index contributed by atoms with van der Waals surface area (Å²) in [5.74, 6) is 0.872. The molecular formula is C15H23NO4S. The SMILES string of the molecule is COc1cc(C)c(S(=O)(=O)NCC2CCC(O)C2)c(C)c1. The summed E-state index contributed by atoms with van der Waals surface area (Å²) in [5.41, 5.74) is 1.34. The molecule has 21 heavy (non-hydrogen) atoms. The molecule has 0 spiro atoms. The lowest BCUT2D eigenvalue weighted by molar-refractivity contribution is 0.178. The molecule has 1 aromatic rings. The Balaban J connectivity index is 2.16. The van der Waals surface area contributed by atoms with Crippen molar-refractivity contribution in [2.24, 2.45) is 5.92 Å². The maximum Gasteiger partial charge on any atom is 0.241 e. The number of hydrogen-bond donors (Lipinski definition) is 2. The summed E-state index contributed by atoms with van der Waals surface area (Å²) in [6, 6.07) is 3.45. The summed E-state index contributed by atoms with van der Waals surface area (Å²) in [7, 11) is -1.98. The Morgan fingerprint density at radius 1 is 1.29 bits per heavy atom. The second-order valence-corrected chi connectivity index (χ2v) is 7.48. The molecule has 1 saturated carbocycles. The van der Waals surface area contributed by atoms with Crippen LogP contribution >= 0.6 is 0 Å². The van der Waals surface area contributed by atoms with Crippen LogP contribution in [0.5, 0.6) is 5.75 Å². The smallest absolute Gasteiger partial charge is 0.241 e. The predicted molar refractivity (Wildman–Crippen MR) is 81.0 cm³/mol. The number of aryl methyl sites for hydroxylation is 2. The normalized spacial score (nSPS) is 22.5. The van der Waals surface area contributed by atoms with Gasteiger partial charge in [-0.2, -0.15) is 0 Å². The topological polar surface area (TPSA) is 75.6 Å². The number of ether oxygens (including phenoxy) is 1. The van der Waals surface area contributed by atoms with Crippen LogP contribution in [0.2, 0.25) is 0 Å². The molecule has 1 fully saturated rings. The monoisotopic (exact) mass is 313 g/mol. The summed E-state index contributed by atoms with van der Waals surface area (Å²) in [4.78, 5) is 0.321. The molecule has 1 aromatic carbocycles. The molecule has 0 saturated heterocycles. The van der Waals surface area contributed by atoms with E-state index in [0.29, 0.717) is 34.7 Å². The van der Waals surface area contributed by atoms with Gasteiger partial charge in [0, 0.05) is 6.54 Å². The first-order valence-corrected chi connectivity index (χ1v) is 8.64. The summed E-state index contributed by atoms with van der Waals surface area (Å²) in [6.07, 6.45) is 2.00. The van der Waals surface area contributed by atoms with Gasteiger partial charge in [0.15, 0.2) is 0 Å². The molecule has 0 heterocycles. The van der Waals surface area contributed by atoms with E-state index in [1.807, 2.05) is 0 Å². The molecule has 0 bridgehead atoms. The van der Waals surface area contributed by atoms with Crippen molar-refractivity contribution in [3.05, 3.63) is 23.3 Å². The fourth-order valence-electron chi connectivity index (χ4n) is 2.99. The quantitative estimate of drug-likeness (QED) is 0.868. The van der Waals surface area contributed by atoms with Crippen molar-refractivity contribution in [3.63, 3.8) is 0 Å². The number of rotatable bonds is 5. The number of sulfonamides is 1. The molecule has 0 amide bonds. The van der Waals surface area contributed by atoms with Crippen molar-refractivity contribution >= 4 is 10.0 Å². The third-order valence-electron chi connectivity index (χ3n) is 4.01. The predicted octanol–water partition coefficient (Wildman–Crippen LogP) is 1.75. The summed E-state index contributed by atoms with van der Waals surface area (Å²) < 4.78 is 32.8. The highest BCUT2D eigenvalue weighted by atomic mass is 32.2. The van der Waals surface area contributed by atoms with E-state index < -0.39 is 10.0 Å². The van der Waals surface area contributed by atoms with E-state index in [9.17, 15) is 13.5 Å². The molecule has 5 nitrogen and oxygen atoms in total. The summed E-state index contributed by atoms with van der Waals surface area (Å²) in [5, 5.41) is 9.50. The molecule has 2 unspecified atom stereocenters. The Bertz CT molecular complexity index is 589. The molecular weight excluding hydrogens is 290 g/mol. The number of methoxy groups -OCH3 is 1. The van der Waals surface area contributed by atoms with Crippen LogP contribution < -0.4 is 9.46 Å². The largest absolute Gasteiger partial charge is 0.497 e. The Hall–Kier alpha value is -1.11. The van der Waals surface area contributed by atoms with E-state index >= 15 is 0 Å². The third-order valence-corrected chi connectivity index (χ3v) is 5.74. The van der Waals surface area contributed by atoms with Gasteiger partial charge in [-0.15, -0.1) is 0 Å². The average molecular weight is 313 g/mol. The number of hydrogen-bond acceptors (Lipinski definition) is 4. The zero-order valence-corrected chi connectivity index (χ0v) is 13.5. The maximum atomic E-state index is 12.5. The van der Waals surface area contributed by atoms with Gasteiger partial charge in [0.2, 0.25) is 10.0 Å². The molecule has 118 valence electrons. The molecule has 0 radical (unpaired) electrons. The zero-order valence-electron chi connectivity index (χ0n) is 12.7. The first kappa shape index (κ1) is 16.3. The highest BCUT2D eigenvalue weighted by Crippen LogP contribution is 2.27. The maximum absolute atomic E-state index is 12.5. The van der Waals surface area contributed by atoms with Gasteiger partial charge in [-0.05, 0) is 62.3 Å². The van der Waals surface area contributed by atoms with Gasteiger partial charge in [-0.1, -0.05) is 0 Å². The molecule has 1 aliphatic rings. The number of benzene rings is 1. The second kappa shape index (κ2) is 6.34. The van der Waals surface area contributed by atoms with Crippen molar-refractivity contribution in [2.45, 2.75) is 44.1 Å². The van der Waals surface area contributed by atoms with Crippen molar-refractivity contribution < 1.29 is 18.3 Å². The van der Waals surface area contributed by atoms with Crippen LogP contribution in [-0.4, -0.2) is 33.3 Å². The Morgan fingerprint density at radius 3 is 2.38 bits per heavy atom. The number of aliphatic hydroxyl groups is 1. The average Bonchev–Trinajstić information content (AvgIpc) is 2.81. The molecule has 6 heteroatoms. The lowest BCUT2D eigenvalue weighted by Gasteiger charge is -2.15. The van der Waals surface area contributed by atoms with Gasteiger partial charge >= 0.3 is 0 Å². The van der Waals surface area contributed by atoms with E-state index in [4.69, 9.17) is 4.74 Å². The first-order chi connectivity index (χ1) is 9.83. The lowest BCUT2D eigenvalue weighted by atomic mass is 10.1. The Kier molecular flexibility index (Phi) is 4.91. The fourth-order valence-corrected chi connectivity index (χ4v) is 4.55. The molecule has 2 N–H and O–H groups in total. The lowest BCUT2D eigenvalue weighted by Crippen LogP contribution is -2.30. The first-order valence-electron chi connectivity index (χ1n) is 7.16. The highest BCUT2D eigenvalue weighted by Gasteiger charge is 2.26. The van der Waals surface area contributed by atoms with Gasteiger partial charge in [-0.25, -0.2) is 13.1 Å². The van der Waals surface area contributed by atoms with E-state index in [1.165, 1.54) is 0 Å². The molecule has 0 aliphatic heterocycles. The van der Waals surface area contributed by atoms with Crippen LogP contribution in [0.15, 0.2) is 17.0 Å². The van der Waals surface area contributed by atoms with Crippen molar-refractivity contribution in [1.82, 2.24) is 4.72 Å². The fraction of sp³-hybridized carbons (Fsp3) is 0.600. The van der Waals surface area contributed by atoms with E-state index in [-0.39, 0.29) is 12.0 Å². The Labute approximate surface area is 126 Å². The minimum atomic E-state index is -3.54.